The van der Waals surface area contributed by atoms with E-state index in [2.05, 4.69) is 0 Å². The first-order chi connectivity index (χ1) is 5.69. The predicted octanol–water partition coefficient (Wildman–Crippen LogP) is 0.144. The van der Waals surface area contributed by atoms with E-state index in [0.29, 0.717) is 6.42 Å². The minimum absolute atomic E-state index is 0.0602. The molecule has 0 aliphatic carbocycles. The van der Waals surface area contributed by atoms with Crippen LogP contribution < -0.4 is 0 Å². The van der Waals surface area contributed by atoms with Gasteiger partial charge in [0.15, 0.2) is 6.29 Å². The quantitative estimate of drug-likeness (QED) is 0.664. The van der Waals surface area contributed by atoms with Gasteiger partial charge in [0.05, 0.1) is 12.2 Å². The maximum absolute atomic E-state index is 9.31. The molecule has 0 spiro atoms. The number of rotatable bonds is 3. The number of hydrogen-bond donors (Lipinski definition) is 1. The lowest BCUT2D eigenvalue weighted by Crippen LogP contribution is -2.33. The van der Waals surface area contributed by atoms with E-state index in [1.807, 2.05) is 0 Å². The van der Waals surface area contributed by atoms with Gasteiger partial charge in [-0.3, -0.25) is 0 Å². The summed E-state index contributed by atoms with van der Waals surface area (Å²) in [6.07, 6.45) is -0.401. The number of aliphatic hydroxyl groups excluding tert-OH is 1. The summed E-state index contributed by atoms with van der Waals surface area (Å²) in [5, 5.41) is 9.31. The van der Waals surface area contributed by atoms with Crippen LogP contribution >= 0.6 is 0 Å². The molecule has 0 aromatic carbocycles. The van der Waals surface area contributed by atoms with E-state index < -0.39 is 6.10 Å². The summed E-state index contributed by atoms with van der Waals surface area (Å²) in [5.41, 5.74) is 0. The highest BCUT2D eigenvalue weighted by Gasteiger charge is 2.38. The van der Waals surface area contributed by atoms with E-state index >= 15 is 0 Å². The largest absolute Gasteiger partial charge is 0.391 e. The highest BCUT2D eigenvalue weighted by Crippen LogP contribution is 2.25. The van der Waals surface area contributed by atoms with Gasteiger partial charge in [-0.15, -0.1) is 0 Å². The molecule has 4 heteroatoms. The second-order valence-electron chi connectivity index (χ2n) is 3.02. The summed E-state index contributed by atoms with van der Waals surface area (Å²) in [7, 11) is 3.20. The zero-order valence-corrected chi connectivity index (χ0v) is 7.69. The summed E-state index contributed by atoms with van der Waals surface area (Å²) in [5.74, 6) is 0. The highest BCUT2D eigenvalue weighted by atomic mass is 16.7. The van der Waals surface area contributed by atoms with Gasteiger partial charge in [-0.25, -0.2) is 0 Å². The van der Waals surface area contributed by atoms with Crippen molar-refractivity contribution in [2.75, 3.05) is 14.2 Å². The number of methoxy groups -OCH3 is 2. The van der Waals surface area contributed by atoms with Gasteiger partial charge in [0.2, 0.25) is 0 Å². The third-order valence-corrected chi connectivity index (χ3v) is 2.14. The van der Waals surface area contributed by atoms with Crippen LogP contribution in [0.25, 0.3) is 0 Å². The van der Waals surface area contributed by atoms with Crippen LogP contribution in [0.5, 0.6) is 0 Å². The molecule has 1 heterocycles. The van der Waals surface area contributed by atoms with Crippen LogP contribution in [0.4, 0.5) is 0 Å². The van der Waals surface area contributed by atoms with Crippen LogP contribution in [0.1, 0.15) is 13.3 Å². The van der Waals surface area contributed by atoms with Crippen molar-refractivity contribution in [3.8, 4) is 0 Å². The Balaban J connectivity index is 2.50. The third kappa shape index (κ3) is 1.95. The molecule has 0 saturated carbocycles. The molecule has 4 atom stereocenters. The Labute approximate surface area is 72.4 Å². The van der Waals surface area contributed by atoms with Crippen LogP contribution in [-0.4, -0.2) is 43.9 Å². The Bertz CT molecular complexity index is 137. The summed E-state index contributed by atoms with van der Waals surface area (Å²) in [4.78, 5) is 0. The van der Waals surface area contributed by atoms with Gasteiger partial charge >= 0.3 is 0 Å². The Kier molecular flexibility index (Phi) is 3.46. The average molecular weight is 176 g/mol. The lowest BCUT2D eigenvalue weighted by Gasteiger charge is -2.19. The molecule has 4 nitrogen and oxygen atoms in total. The maximum Gasteiger partial charge on any atom is 0.160 e. The average Bonchev–Trinajstić information content (AvgIpc) is 2.47. The van der Waals surface area contributed by atoms with E-state index in [1.54, 1.807) is 21.1 Å². The SMILES string of the molecule is CO[C@@H]1C[C@H](OC)[C@H]([C@H](C)O)O1. The van der Waals surface area contributed by atoms with Crippen molar-refractivity contribution >= 4 is 0 Å². The maximum atomic E-state index is 9.31. The lowest BCUT2D eigenvalue weighted by atomic mass is 10.1. The number of aliphatic hydroxyl groups is 1. The van der Waals surface area contributed by atoms with E-state index in [0.717, 1.165) is 0 Å². The van der Waals surface area contributed by atoms with E-state index in [1.165, 1.54) is 0 Å². The second kappa shape index (κ2) is 4.18. The summed E-state index contributed by atoms with van der Waals surface area (Å²) >= 11 is 0. The van der Waals surface area contributed by atoms with Crippen molar-refractivity contribution in [3.05, 3.63) is 0 Å². The second-order valence-corrected chi connectivity index (χ2v) is 3.02. The van der Waals surface area contributed by atoms with Gasteiger partial charge < -0.3 is 19.3 Å². The van der Waals surface area contributed by atoms with Gasteiger partial charge in [0, 0.05) is 20.6 Å². The third-order valence-electron chi connectivity index (χ3n) is 2.14. The van der Waals surface area contributed by atoms with Crippen molar-refractivity contribution in [1.29, 1.82) is 0 Å². The van der Waals surface area contributed by atoms with Gasteiger partial charge in [-0.05, 0) is 6.92 Å². The number of hydrogen-bond acceptors (Lipinski definition) is 4. The molecule has 1 saturated heterocycles. The van der Waals surface area contributed by atoms with Crippen molar-refractivity contribution in [3.63, 3.8) is 0 Å². The van der Waals surface area contributed by atoms with Crippen molar-refractivity contribution < 1.29 is 19.3 Å². The minimum atomic E-state index is -0.518. The first kappa shape index (κ1) is 9.92. The Morgan fingerprint density at radius 1 is 1.42 bits per heavy atom. The fourth-order valence-electron chi connectivity index (χ4n) is 1.45. The van der Waals surface area contributed by atoms with Crippen LogP contribution in [0.15, 0.2) is 0 Å². The molecule has 1 fully saturated rings. The molecule has 72 valence electrons. The molecule has 0 bridgehead atoms. The standard InChI is InChI=1S/C8H16O4/c1-5(9)8-6(10-2)4-7(11-3)12-8/h5-9H,4H2,1-3H3/t5-,6-,7-,8-/m0/s1. The molecule has 0 radical (unpaired) electrons. The molecular formula is C8H16O4. The van der Waals surface area contributed by atoms with Crippen LogP contribution in [0, 0.1) is 0 Å². The van der Waals surface area contributed by atoms with Gasteiger partial charge in [0.1, 0.15) is 6.10 Å². The topological polar surface area (TPSA) is 47.9 Å². The molecule has 1 aliphatic heterocycles. The lowest BCUT2D eigenvalue weighted by molar-refractivity contribution is -0.143. The molecule has 0 unspecified atom stereocenters. The Morgan fingerprint density at radius 2 is 2.08 bits per heavy atom. The van der Waals surface area contributed by atoms with Crippen molar-refractivity contribution in [1.82, 2.24) is 0 Å². The first-order valence-electron chi connectivity index (χ1n) is 4.08. The van der Waals surface area contributed by atoms with Crippen LogP contribution in [0.2, 0.25) is 0 Å². The Hall–Kier alpha value is -0.160. The van der Waals surface area contributed by atoms with Crippen molar-refractivity contribution in [2.24, 2.45) is 0 Å². The molecule has 1 aliphatic rings. The molecule has 0 aromatic rings. The monoisotopic (exact) mass is 176 g/mol. The van der Waals surface area contributed by atoms with E-state index in [9.17, 15) is 5.11 Å². The van der Waals surface area contributed by atoms with Gasteiger partial charge in [-0.1, -0.05) is 0 Å². The van der Waals surface area contributed by atoms with Gasteiger partial charge in [-0.2, -0.15) is 0 Å². The molecule has 0 aromatic heterocycles. The zero-order chi connectivity index (χ0) is 9.14. The molecule has 12 heavy (non-hydrogen) atoms. The summed E-state index contributed by atoms with van der Waals surface area (Å²) in [6, 6.07) is 0. The van der Waals surface area contributed by atoms with E-state index in [4.69, 9.17) is 14.2 Å². The Morgan fingerprint density at radius 3 is 2.42 bits per heavy atom. The highest BCUT2D eigenvalue weighted by molar-refractivity contribution is 4.82. The zero-order valence-electron chi connectivity index (χ0n) is 7.69. The molecule has 0 amide bonds. The normalized spacial score (nSPS) is 38.5. The van der Waals surface area contributed by atoms with E-state index in [-0.39, 0.29) is 18.5 Å². The summed E-state index contributed by atoms with van der Waals surface area (Å²) in [6.45, 7) is 1.69. The number of ether oxygens (including phenoxy) is 3. The molecule has 1 N–H and O–H groups in total. The fraction of sp³-hybridized carbons (Fsp3) is 1.00. The fourth-order valence-corrected chi connectivity index (χ4v) is 1.45. The molecule has 1 rings (SSSR count). The van der Waals surface area contributed by atoms with Crippen LogP contribution in [-0.2, 0) is 14.2 Å². The smallest absolute Gasteiger partial charge is 0.160 e. The summed E-state index contributed by atoms with van der Waals surface area (Å²) < 4.78 is 15.5. The first-order valence-corrected chi connectivity index (χ1v) is 4.08. The van der Waals surface area contributed by atoms with Crippen molar-refractivity contribution in [2.45, 2.75) is 37.9 Å². The predicted molar refractivity (Wildman–Crippen MR) is 42.8 cm³/mol. The van der Waals surface area contributed by atoms with Gasteiger partial charge in [0.25, 0.3) is 0 Å². The van der Waals surface area contributed by atoms with Crippen LogP contribution in [0.3, 0.4) is 0 Å². The molecular weight excluding hydrogens is 160 g/mol. The minimum Gasteiger partial charge on any atom is -0.391 e.